The highest BCUT2D eigenvalue weighted by atomic mass is 14.8. The van der Waals surface area contributed by atoms with Gasteiger partial charge in [0.25, 0.3) is 0 Å². The van der Waals surface area contributed by atoms with Crippen LogP contribution in [0.2, 0.25) is 0 Å². The van der Waals surface area contributed by atoms with E-state index >= 15 is 0 Å². The summed E-state index contributed by atoms with van der Waals surface area (Å²) in [5, 5.41) is 13.9. The number of nitrogens with zero attached hydrogens (tertiary/aromatic N) is 4. The van der Waals surface area contributed by atoms with Crippen molar-refractivity contribution < 1.29 is 0 Å². The van der Waals surface area contributed by atoms with E-state index in [1.54, 1.807) is 12.4 Å². The first kappa shape index (κ1) is 27.1. The lowest BCUT2D eigenvalue weighted by molar-refractivity contribution is 1.22. The van der Waals surface area contributed by atoms with Crippen molar-refractivity contribution in [3.63, 3.8) is 0 Å². The predicted molar refractivity (Wildman–Crippen MR) is 187 cm³/mol. The molecule has 0 atom stereocenters. The molecule has 5 aromatic carbocycles. The zero-order chi connectivity index (χ0) is 30.9. The van der Waals surface area contributed by atoms with Crippen LogP contribution in [-0.4, -0.2) is 15.0 Å². The van der Waals surface area contributed by atoms with Crippen LogP contribution < -0.4 is 0 Å². The lowest BCUT2D eigenvalue weighted by Crippen LogP contribution is -1.94. The SMILES string of the molecule is N#Cc1ccc(-c2ccc3ccc(-c4ccc5cc(-c6cc(-c7ccccn7)nc(-c7ccccn7)c6)ccc5c4)cc3c2)cc1. The Morgan fingerprint density at radius 2 is 0.826 bits per heavy atom. The minimum absolute atomic E-state index is 0.666. The van der Waals surface area contributed by atoms with Gasteiger partial charge in [-0.15, -0.1) is 0 Å². The maximum absolute atomic E-state index is 9.15. The molecule has 0 N–H and O–H groups in total. The second kappa shape index (κ2) is 11.6. The molecule has 0 bridgehead atoms. The average molecular weight is 587 g/mol. The molecule has 8 aromatic rings. The molecule has 0 amide bonds. The highest BCUT2D eigenvalue weighted by Crippen LogP contribution is 2.34. The minimum atomic E-state index is 0.666. The number of hydrogen-bond acceptors (Lipinski definition) is 4. The molecule has 4 nitrogen and oxygen atoms in total. The van der Waals surface area contributed by atoms with E-state index in [2.05, 4.69) is 101 Å². The molecule has 0 fully saturated rings. The van der Waals surface area contributed by atoms with Gasteiger partial charge in [0, 0.05) is 12.4 Å². The first-order valence-corrected chi connectivity index (χ1v) is 15.1. The van der Waals surface area contributed by atoms with Gasteiger partial charge in [0.05, 0.1) is 34.4 Å². The van der Waals surface area contributed by atoms with Crippen molar-refractivity contribution in [2.75, 3.05) is 0 Å². The van der Waals surface area contributed by atoms with Gasteiger partial charge in [-0.1, -0.05) is 72.8 Å². The lowest BCUT2D eigenvalue weighted by Gasteiger charge is -2.11. The van der Waals surface area contributed by atoms with Gasteiger partial charge in [-0.2, -0.15) is 5.26 Å². The predicted octanol–water partition coefficient (Wildman–Crippen LogP) is 10.4. The topological polar surface area (TPSA) is 62.5 Å². The molecule has 3 heterocycles. The van der Waals surface area contributed by atoms with E-state index in [0.29, 0.717) is 5.56 Å². The maximum Gasteiger partial charge on any atom is 0.0991 e. The number of fused-ring (bicyclic) bond motifs is 2. The number of nitriles is 1. The Morgan fingerprint density at radius 3 is 1.33 bits per heavy atom. The number of aromatic nitrogens is 3. The Hall–Kier alpha value is -6.44. The van der Waals surface area contributed by atoms with Gasteiger partial charge >= 0.3 is 0 Å². The first-order chi connectivity index (χ1) is 22.7. The molecule has 0 aliphatic rings. The van der Waals surface area contributed by atoms with Crippen molar-refractivity contribution in [2.45, 2.75) is 0 Å². The van der Waals surface area contributed by atoms with Crippen LogP contribution in [0, 0.1) is 11.3 Å². The molecular weight excluding hydrogens is 560 g/mol. The van der Waals surface area contributed by atoms with E-state index in [9.17, 15) is 0 Å². The van der Waals surface area contributed by atoms with Gasteiger partial charge in [-0.3, -0.25) is 9.97 Å². The summed E-state index contributed by atoms with van der Waals surface area (Å²) in [6, 6.07) is 52.3. The number of rotatable bonds is 5. The summed E-state index contributed by atoms with van der Waals surface area (Å²) in [5.41, 5.74) is 10.7. The third kappa shape index (κ3) is 5.27. The van der Waals surface area contributed by atoms with Crippen LogP contribution in [0.1, 0.15) is 5.56 Å². The first-order valence-electron chi connectivity index (χ1n) is 15.1. The fraction of sp³-hybridized carbons (Fsp3) is 0. The Morgan fingerprint density at radius 1 is 0.370 bits per heavy atom. The molecule has 8 rings (SSSR count). The van der Waals surface area contributed by atoms with Crippen LogP contribution >= 0.6 is 0 Å². The summed E-state index contributed by atoms with van der Waals surface area (Å²) in [6.45, 7) is 0. The van der Waals surface area contributed by atoms with Crippen molar-refractivity contribution in [3.8, 4) is 62.2 Å². The molecule has 214 valence electrons. The molecule has 0 aliphatic carbocycles. The van der Waals surface area contributed by atoms with Crippen LogP contribution in [0.25, 0.3) is 77.7 Å². The maximum atomic E-state index is 9.15. The second-order valence-electron chi connectivity index (χ2n) is 11.3. The largest absolute Gasteiger partial charge is 0.255 e. The zero-order valence-corrected chi connectivity index (χ0v) is 24.8. The molecular formula is C42H26N4. The lowest BCUT2D eigenvalue weighted by atomic mass is 9.95. The fourth-order valence-corrected chi connectivity index (χ4v) is 5.94. The smallest absolute Gasteiger partial charge is 0.0991 e. The molecule has 3 aromatic heterocycles. The minimum Gasteiger partial charge on any atom is -0.255 e. The van der Waals surface area contributed by atoms with Crippen LogP contribution in [-0.2, 0) is 0 Å². The van der Waals surface area contributed by atoms with Gasteiger partial charge in [-0.05, 0) is 128 Å². The third-order valence-corrected chi connectivity index (χ3v) is 8.37. The van der Waals surface area contributed by atoms with E-state index < -0.39 is 0 Å². The Bertz CT molecular complexity index is 2350. The summed E-state index contributed by atoms with van der Waals surface area (Å²) in [4.78, 5) is 14.0. The van der Waals surface area contributed by atoms with Gasteiger partial charge in [0.1, 0.15) is 0 Å². The summed E-state index contributed by atoms with van der Waals surface area (Å²) in [7, 11) is 0. The summed E-state index contributed by atoms with van der Waals surface area (Å²) >= 11 is 0. The molecule has 0 spiro atoms. The van der Waals surface area contributed by atoms with Gasteiger partial charge in [0.15, 0.2) is 0 Å². The summed E-state index contributed by atoms with van der Waals surface area (Å²) < 4.78 is 0. The molecule has 46 heavy (non-hydrogen) atoms. The van der Waals surface area contributed by atoms with Crippen molar-refractivity contribution in [2.24, 2.45) is 0 Å². The Balaban J connectivity index is 1.15. The van der Waals surface area contributed by atoms with E-state index in [1.165, 1.54) is 32.7 Å². The van der Waals surface area contributed by atoms with Crippen molar-refractivity contribution in [3.05, 3.63) is 164 Å². The van der Waals surface area contributed by atoms with Crippen LogP contribution in [0.15, 0.2) is 158 Å². The second-order valence-corrected chi connectivity index (χ2v) is 11.3. The Kier molecular flexibility index (Phi) is 6.83. The van der Waals surface area contributed by atoms with E-state index in [0.717, 1.165) is 45.0 Å². The molecule has 0 saturated heterocycles. The molecule has 0 saturated carbocycles. The van der Waals surface area contributed by atoms with E-state index in [1.807, 2.05) is 60.7 Å². The average Bonchev–Trinajstić information content (AvgIpc) is 3.14. The standard InChI is InChI=1S/C42H26N4/c43-27-28-7-9-29(10-8-28)31-13-11-30-12-14-35(24-37(30)23-31)33-15-16-34-22-36(18-17-32(34)21-33)38-25-41(39-5-1-3-19-44-39)46-42(26-38)40-6-2-4-20-45-40/h1-26H. The van der Waals surface area contributed by atoms with Crippen molar-refractivity contribution in [1.29, 1.82) is 5.26 Å². The highest BCUT2D eigenvalue weighted by Gasteiger charge is 2.11. The monoisotopic (exact) mass is 586 g/mol. The highest BCUT2D eigenvalue weighted by molar-refractivity contribution is 5.94. The van der Waals surface area contributed by atoms with Crippen LogP contribution in [0.3, 0.4) is 0 Å². The van der Waals surface area contributed by atoms with Crippen LogP contribution in [0.4, 0.5) is 0 Å². The zero-order valence-electron chi connectivity index (χ0n) is 24.8. The molecule has 4 heteroatoms. The molecule has 0 unspecified atom stereocenters. The molecule has 0 aliphatic heterocycles. The number of pyridine rings is 3. The fourth-order valence-electron chi connectivity index (χ4n) is 5.94. The summed E-state index contributed by atoms with van der Waals surface area (Å²) in [6.07, 6.45) is 3.59. The van der Waals surface area contributed by atoms with Crippen LogP contribution in [0.5, 0.6) is 0 Å². The van der Waals surface area contributed by atoms with Crippen molar-refractivity contribution >= 4 is 21.5 Å². The third-order valence-electron chi connectivity index (χ3n) is 8.37. The van der Waals surface area contributed by atoms with E-state index in [-0.39, 0.29) is 0 Å². The van der Waals surface area contributed by atoms with Gasteiger partial charge in [-0.25, -0.2) is 4.98 Å². The van der Waals surface area contributed by atoms with E-state index in [4.69, 9.17) is 10.2 Å². The quantitative estimate of drug-likeness (QED) is 0.201. The van der Waals surface area contributed by atoms with Gasteiger partial charge in [0.2, 0.25) is 0 Å². The Labute approximate surface area is 266 Å². The number of benzene rings is 5. The normalized spacial score (nSPS) is 11.0. The number of hydrogen-bond donors (Lipinski definition) is 0. The van der Waals surface area contributed by atoms with Gasteiger partial charge < -0.3 is 0 Å². The van der Waals surface area contributed by atoms with Crippen molar-refractivity contribution in [1.82, 2.24) is 15.0 Å². The molecule has 0 radical (unpaired) electrons. The summed E-state index contributed by atoms with van der Waals surface area (Å²) in [5.74, 6) is 0.